The van der Waals surface area contributed by atoms with Gasteiger partial charge in [-0.2, -0.15) is 0 Å². The summed E-state index contributed by atoms with van der Waals surface area (Å²) in [4.78, 5) is 28.0. The Bertz CT molecular complexity index is 557. The summed E-state index contributed by atoms with van der Waals surface area (Å²) < 4.78 is 9.94. The van der Waals surface area contributed by atoms with Crippen molar-refractivity contribution in [1.82, 2.24) is 9.80 Å². The Morgan fingerprint density at radius 1 is 1.08 bits per heavy atom. The highest BCUT2D eigenvalue weighted by Gasteiger charge is 2.22. The van der Waals surface area contributed by atoms with E-state index in [1.807, 2.05) is 38.4 Å². The van der Waals surface area contributed by atoms with E-state index in [2.05, 4.69) is 11.8 Å². The Morgan fingerprint density at radius 3 is 2.23 bits per heavy atom. The van der Waals surface area contributed by atoms with Crippen LogP contribution >= 0.6 is 0 Å². The predicted octanol–water partition coefficient (Wildman–Crippen LogP) is 2.88. The first-order chi connectivity index (χ1) is 12.4. The van der Waals surface area contributed by atoms with Crippen molar-refractivity contribution >= 4 is 11.9 Å². The number of esters is 1. The normalized spacial score (nSPS) is 11.9. The zero-order valence-electron chi connectivity index (χ0n) is 16.7. The molecule has 1 atom stereocenters. The number of carbonyl (C=O) groups is 2. The second kappa shape index (κ2) is 11.5. The number of hydrogen-bond donors (Lipinski definition) is 0. The van der Waals surface area contributed by atoms with Gasteiger partial charge in [0.2, 0.25) is 5.91 Å². The van der Waals surface area contributed by atoms with Gasteiger partial charge in [0.15, 0.2) is 0 Å². The number of rotatable bonds is 11. The molecule has 1 rings (SSSR count). The maximum atomic E-state index is 12.6. The minimum atomic E-state index is -0.302. The van der Waals surface area contributed by atoms with Gasteiger partial charge in [0.05, 0.1) is 26.7 Å². The van der Waals surface area contributed by atoms with E-state index >= 15 is 0 Å². The number of likely N-dealkylation sites (N-methyl/N-ethyl adjacent to an activating group) is 1. The first-order valence-electron chi connectivity index (χ1n) is 9.07. The molecule has 1 unspecified atom stereocenters. The van der Waals surface area contributed by atoms with Crippen LogP contribution in [0.5, 0.6) is 5.75 Å². The highest BCUT2D eigenvalue weighted by Crippen LogP contribution is 2.23. The van der Waals surface area contributed by atoms with Crippen LogP contribution in [0.1, 0.15) is 44.2 Å². The van der Waals surface area contributed by atoms with Gasteiger partial charge in [-0.3, -0.25) is 9.59 Å². The van der Waals surface area contributed by atoms with E-state index in [9.17, 15) is 9.59 Å². The van der Waals surface area contributed by atoms with Crippen molar-refractivity contribution in [3.63, 3.8) is 0 Å². The molecule has 1 amide bonds. The molecule has 0 spiro atoms. The van der Waals surface area contributed by atoms with Crippen LogP contribution in [0, 0.1) is 0 Å². The van der Waals surface area contributed by atoms with E-state index in [4.69, 9.17) is 9.47 Å². The maximum Gasteiger partial charge on any atom is 0.307 e. The lowest BCUT2D eigenvalue weighted by Gasteiger charge is -2.32. The van der Waals surface area contributed by atoms with E-state index in [1.54, 1.807) is 12.0 Å². The highest BCUT2D eigenvalue weighted by molar-refractivity contribution is 5.77. The van der Waals surface area contributed by atoms with Gasteiger partial charge in [-0.1, -0.05) is 25.5 Å². The molecular weight excluding hydrogens is 332 g/mol. The highest BCUT2D eigenvalue weighted by atomic mass is 16.5. The van der Waals surface area contributed by atoms with Crippen LogP contribution in [-0.2, 0) is 14.3 Å². The lowest BCUT2D eigenvalue weighted by atomic mass is 10.0. The number of unbranched alkanes of at least 4 members (excludes halogenated alkanes) is 1. The number of amides is 1. The van der Waals surface area contributed by atoms with E-state index in [0.717, 1.165) is 24.2 Å². The van der Waals surface area contributed by atoms with E-state index in [-0.39, 0.29) is 24.3 Å². The third kappa shape index (κ3) is 7.04. The van der Waals surface area contributed by atoms with Gasteiger partial charge in [-0.05, 0) is 38.2 Å². The minimum Gasteiger partial charge on any atom is -0.497 e. The molecule has 0 fully saturated rings. The average molecular weight is 364 g/mol. The molecule has 0 N–H and O–H groups in total. The predicted molar refractivity (Wildman–Crippen MR) is 102 cm³/mol. The third-order valence-corrected chi connectivity index (χ3v) is 4.43. The average Bonchev–Trinajstić information content (AvgIpc) is 2.65. The molecule has 0 saturated carbocycles. The lowest BCUT2D eigenvalue weighted by molar-refractivity contribution is -0.142. The Morgan fingerprint density at radius 2 is 1.73 bits per heavy atom. The summed E-state index contributed by atoms with van der Waals surface area (Å²) >= 11 is 0. The molecule has 0 bridgehead atoms. The zero-order valence-corrected chi connectivity index (χ0v) is 16.7. The van der Waals surface area contributed by atoms with Gasteiger partial charge in [-0.15, -0.1) is 0 Å². The summed E-state index contributed by atoms with van der Waals surface area (Å²) in [6, 6.07) is 7.90. The molecule has 26 heavy (non-hydrogen) atoms. The topological polar surface area (TPSA) is 59.1 Å². The second-order valence-corrected chi connectivity index (χ2v) is 6.52. The standard InChI is InChI=1S/C20H32N2O4/c1-6-7-8-19(23)22(14-13-20(24)26-5)15-18(21(2)3)16-9-11-17(25-4)12-10-16/h9-12,18H,6-8,13-15H2,1-5H3. The number of methoxy groups -OCH3 is 2. The first-order valence-corrected chi connectivity index (χ1v) is 9.07. The summed E-state index contributed by atoms with van der Waals surface area (Å²) in [7, 11) is 6.98. The van der Waals surface area contributed by atoms with Gasteiger partial charge < -0.3 is 19.3 Å². The molecular formula is C20H32N2O4. The number of ether oxygens (including phenoxy) is 2. The number of nitrogens with zero attached hydrogens (tertiary/aromatic N) is 2. The lowest BCUT2D eigenvalue weighted by Crippen LogP contribution is -2.40. The van der Waals surface area contributed by atoms with Crippen LogP contribution in [0.25, 0.3) is 0 Å². The van der Waals surface area contributed by atoms with Crippen molar-refractivity contribution in [3.8, 4) is 5.75 Å². The van der Waals surface area contributed by atoms with Crippen LogP contribution in [0.15, 0.2) is 24.3 Å². The van der Waals surface area contributed by atoms with Gasteiger partial charge >= 0.3 is 5.97 Å². The Kier molecular flexibility index (Phi) is 9.73. The molecule has 6 heteroatoms. The monoisotopic (exact) mass is 364 g/mol. The molecule has 0 saturated heterocycles. The van der Waals surface area contributed by atoms with Gasteiger partial charge in [-0.25, -0.2) is 0 Å². The molecule has 1 aromatic rings. The summed E-state index contributed by atoms with van der Waals surface area (Å²) in [5.74, 6) is 0.577. The van der Waals surface area contributed by atoms with Gasteiger partial charge in [0, 0.05) is 19.5 Å². The van der Waals surface area contributed by atoms with Crippen molar-refractivity contribution in [2.75, 3.05) is 41.4 Å². The molecule has 6 nitrogen and oxygen atoms in total. The smallest absolute Gasteiger partial charge is 0.307 e. The van der Waals surface area contributed by atoms with Gasteiger partial charge in [0.25, 0.3) is 0 Å². The number of benzene rings is 1. The molecule has 146 valence electrons. The number of hydrogen-bond acceptors (Lipinski definition) is 5. The maximum absolute atomic E-state index is 12.6. The number of carbonyl (C=O) groups excluding carboxylic acids is 2. The van der Waals surface area contributed by atoms with Gasteiger partial charge in [0.1, 0.15) is 5.75 Å². The van der Waals surface area contributed by atoms with E-state index in [0.29, 0.717) is 19.5 Å². The third-order valence-electron chi connectivity index (χ3n) is 4.43. The summed E-state index contributed by atoms with van der Waals surface area (Å²) in [5, 5.41) is 0. The zero-order chi connectivity index (χ0) is 19.5. The van der Waals surface area contributed by atoms with Crippen LogP contribution < -0.4 is 4.74 Å². The molecule has 0 aliphatic carbocycles. The molecule has 0 aliphatic heterocycles. The Balaban J connectivity index is 2.93. The quantitative estimate of drug-likeness (QED) is 0.565. The summed E-state index contributed by atoms with van der Waals surface area (Å²) in [5.41, 5.74) is 1.10. The van der Waals surface area contributed by atoms with Crippen molar-refractivity contribution in [2.45, 2.75) is 38.6 Å². The van der Waals surface area contributed by atoms with Crippen LogP contribution in [0.2, 0.25) is 0 Å². The van der Waals surface area contributed by atoms with E-state index < -0.39 is 0 Å². The summed E-state index contributed by atoms with van der Waals surface area (Å²) in [6.45, 7) is 2.96. The Labute approximate surface area is 157 Å². The van der Waals surface area contributed by atoms with Crippen molar-refractivity contribution < 1.29 is 19.1 Å². The van der Waals surface area contributed by atoms with E-state index in [1.165, 1.54) is 7.11 Å². The molecule has 0 aromatic heterocycles. The fourth-order valence-electron chi connectivity index (χ4n) is 2.73. The van der Waals surface area contributed by atoms with Crippen LogP contribution in [0.4, 0.5) is 0 Å². The minimum absolute atomic E-state index is 0.0316. The van der Waals surface area contributed by atoms with Crippen molar-refractivity contribution in [1.29, 1.82) is 0 Å². The van der Waals surface area contributed by atoms with Crippen LogP contribution in [0.3, 0.4) is 0 Å². The SMILES string of the molecule is CCCCC(=O)N(CCC(=O)OC)CC(c1ccc(OC)cc1)N(C)C. The van der Waals surface area contributed by atoms with Crippen molar-refractivity contribution in [3.05, 3.63) is 29.8 Å². The van der Waals surface area contributed by atoms with Crippen LogP contribution in [-0.4, -0.2) is 63.1 Å². The summed E-state index contributed by atoms with van der Waals surface area (Å²) in [6.07, 6.45) is 2.52. The Hall–Kier alpha value is -2.08. The fourth-order valence-corrected chi connectivity index (χ4v) is 2.73. The largest absolute Gasteiger partial charge is 0.497 e. The van der Waals surface area contributed by atoms with Crippen molar-refractivity contribution in [2.24, 2.45) is 0 Å². The second-order valence-electron chi connectivity index (χ2n) is 6.52. The first kappa shape index (κ1) is 22.0. The fraction of sp³-hybridized carbons (Fsp3) is 0.600. The molecule has 0 heterocycles. The molecule has 0 aliphatic rings. The molecule has 1 aromatic carbocycles. The molecule has 0 radical (unpaired) electrons.